The first-order valence-corrected chi connectivity index (χ1v) is 10.4. The number of carbonyl (C=O) groups is 1. The van der Waals surface area contributed by atoms with Crippen LogP contribution in [0.2, 0.25) is 0 Å². The molecule has 2 rings (SSSR count). The number of aryl methyl sites for hydroxylation is 1. The van der Waals surface area contributed by atoms with Gasteiger partial charge in [0.25, 0.3) is 5.91 Å². The number of aliphatic imine (C=N–C) groups is 1. The minimum atomic E-state index is -0.0938. The fraction of sp³-hybridized carbons (Fsp3) is 0.417. The standard InChI is InChI=1S/C24H34N4O2.HI/c1-17(2)11-12-30-22-13-18(3)9-10-21(22)16-28-24(26-5)27-15-19-7-6-8-20(14-19)23(29)25-4;/h6-10,13-14,17H,11-12,15-16H2,1-5H3,(H,25,29)(H2,26,27,28);1H. The van der Waals surface area contributed by atoms with E-state index in [9.17, 15) is 4.79 Å². The Hall–Kier alpha value is -2.29. The second-order valence-corrected chi connectivity index (χ2v) is 7.70. The number of nitrogens with zero attached hydrogens (tertiary/aromatic N) is 1. The molecule has 0 saturated heterocycles. The lowest BCUT2D eigenvalue weighted by Crippen LogP contribution is -2.36. The minimum absolute atomic E-state index is 0. The third-order valence-electron chi connectivity index (χ3n) is 4.72. The molecule has 2 aromatic rings. The zero-order valence-electron chi connectivity index (χ0n) is 19.1. The summed E-state index contributed by atoms with van der Waals surface area (Å²) < 4.78 is 6.03. The molecule has 0 atom stereocenters. The van der Waals surface area contributed by atoms with Gasteiger partial charge in [0.1, 0.15) is 5.75 Å². The maximum Gasteiger partial charge on any atom is 0.251 e. The van der Waals surface area contributed by atoms with Crippen LogP contribution in [0.3, 0.4) is 0 Å². The molecule has 0 bridgehead atoms. The number of guanidine groups is 1. The van der Waals surface area contributed by atoms with E-state index in [1.54, 1.807) is 20.2 Å². The van der Waals surface area contributed by atoms with Crippen molar-refractivity contribution < 1.29 is 9.53 Å². The van der Waals surface area contributed by atoms with Crippen molar-refractivity contribution in [3.63, 3.8) is 0 Å². The molecule has 0 aromatic heterocycles. The number of rotatable bonds is 9. The Morgan fingerprint density at radius 2 is 1.84 bits per heavy atom. The zero-order valence-corrected chi connectivity index (χ0v) is 21.4. The van der Waals surface area contributed by atoms with E-state index in [-0.39, 0.29) is 29.9 Å². The summed E-state index contributed by atoms with van der Waals surface area (Å²) in [7, 11) is 3.37. The molecule has 1 amide bonds. The van der Waals surface area contributed by atoms with Crippen molar-refractivity contribution in [2.24, 2.45) is 10.9 Å². The lowest BCUT2D eigenvalue weighted by molar-refractivity contribution is 0.0963. The number of nitrogens with one attached hydrogen (secondary N) is 3. The lowest BCUT2D eigenvalue weighted by Gasteiger charge is -2.16. The number of halogens is 1. The van der Waals surface area contributed by atoms with E-state index >= 15 is 0 Å². The number of hydrogen-bond donors (Lipinski definition) is 3. The topological polar surface area (TPSA) is 74.8 Å². The van der Waals surface area contributed by atoms with Crippen LogP contribution in [0, 0.1) is 12.8 Å². The third-order valence-corrected chi connectivity index (χ3v) is 4.72. The van der Waals surface area contributed by atoms with Crippen LogP contribution in [0.4, 0.5) is 0 Å². The SMILES string of the molecule is CN=C(NCc1cccc(C(=O)NC)c1)NCc1ccc(C)cc1OCCC(C)C.I. The maximum atomic E-state index is 11.8. The number of carbonyl (C=O) groups excluding carboxylic acids is 1. The van der Waals surface area contributed by atoms with Crippen LogP contribution in [-0.2, 0) is 13.1 Å². The van der Waals surface area contributed by atoms with E-state index in [0.29, 0.717) is 37.1 Å². The monoisotopic (exact) mass is 538 g/mol. The lowest BCUT2D eigenvalue weighted by atomic mass is 10.1. The molecule has 0 aliphatic rings. The summed E-state index contributed by atoms with van der Waals surface area (Å²) in [6, 6.07) is 13.8. The van der Waals surface area contributed by atoms with Crippen molar-refractivity contribution >= 4 is 35.8 Å². The molecule has 7 heteroatoms. The molecule has 0 heterocycles. The average Bonchev–Trinajstić information content (AvgIpc) is 2.74. The Kier molecular flexibility index (Phi) is 12.0. The second kappa shape index (κ2) is 13.9. The predicted molar refractivity (Wildman–Crippen MR) is 138 cm³/mol. The molecule has 0 unspecified atom stereocenters. The average molecular weight is 538 g/mol. The third kappa shape index (κ3) is 9.16. The van der Waals surface area contributed by atoms with E-state index in [2.05, 4.69) is 59.9 Å². The van der Waals surface area contributed by atoms with Crippen LogP contribution in [0.1, 0.15) is 47.3 Å². The van der Waals surface area contributed by atoms with Gasteiger partial charge in [-0.3, -0.25) is 9.79 Å². The van der Waals surface area contributed by atoms with Gasteiger partial charge in [-0.1, -0.05) is 38.1 Å². The molecule has 0 fully saturated rings. The van der Waals surface area contributed by atoms with Gasteiger partial charge < -0.3 is 20.7 Å². The molecule has 31 heavy (non-hydrogen) atoms. The Balaban J connectivity index is 0.00000480. The van der Waals surface area contributed by atoms with Gasteiger partial charge in [0.05, 0.1) is 6.61 Å². The quantitative estimate of drug-likeness (QED) is 0.254. The highest BCUT2D eigenvalue weighted by atomic mass is 127. The van der Waals surface area contributed by atoms with Gasteiger partial charge in [-0.05, 0) is 48.6 Å². The van der Waals surface area contributed by atoms with E-state index in [4.69, 9.17) is 4.74 Å². The van der Waals surface area contributed by atoms with Gasteiger partial charge in [0.2, 0.25) is 0 Å². The van der Waals surface area contributed by atoms with Crippen LogP contribution >= 0.6 is 24.0 Å². The molecule has 2 aromatic carbocycles. The van der Waals surface area contributed by atoms with Gasteiger partial charge in [-0.15, -0.1) is 24.0 Å². The Morgan fingerprint density at radius 3 is 2.52 bits per heavy atom. The molecule has 0 aliphatic heterocycles. The highest BCUT2D eigenvalue weighted by Gasteiger charge is 2.08. The molecule has 0 aliphatic carbocycles. The van der Waals surface area contributed by atoms with Gasteiger partial charge in [0.15, 0.2) is 5.96 Å². The van der Waals surface area contributed by atoms with E-state index in [0.717, 1.165) is 23.3 Å². The first-order valence-electron chi connectivity index (χ1n) is 10.4. The number of benzene rings is 2. The molecule has 3 N–H and O–H groups in total. The van der Waals surface area contributed by atoms with E-state index in [1.165, 1.54) is 5.56 Å². The summed E-state index contributed by atoms with van der Waals surface area (Å²) in [6.45, 7) is 8.35. The van der Waals surface area contributed by atoms with Crippen LogP contribution < -0.4 is 20.7 Å². The molecule has 170 valence electrons. The Labute approximate surface area is 203 Å². The summed E-state index contributed by atoms with van der Waals surface area (Å²) in [6.07, 6.45) is 1.03. The highest BCUT2D eigenvalue weighted by molar-refractivity contribution is 14.0. The van der Waals surface area contributed by atoms with E-state index in [1.807, 2.05) is 18.2 Å². The van der Waals surface area contributed by atoms with Crippen LogP contribution in [0.5, 0.6) is 5.75 Å². The summed E-state index contributed by atoms with van der Waals surface area (Å²) in [5.41, 5.74) is 3.92. The summed E-state index contributed by atoms with van der Waals surface area (Å²) in [4.78, 5) is 16.1. The van der Waals surface area contributed by atoms with Crippen LogP contribution in [0.25, 0.3) is 0 Å². The van der Waals surface area contributed by atoms with Crippen molar-refractivity contribution in [3.05, 3.63) is 64.7 Å². The Morgan fingerprint density at radius 1 is 1.10 bits per heavy atom. The fourth-order valence-corrected chi connectivity index (χ4v) is 2.90. The zero-order chi connectivity index (χ0) is 21.9. The predicted octanol–water partition coefficient (Wildman–Crippen LogP) is 4.26. The van der Waals surface area contributed by atoms with Crippen molar-refractivity contribution in [2.45, 2.75) is 40.3 Å². The summed E-state index contributed by atoms with van der Waals surface area (Å²) >= 11 is 0. The number of ether oxygens (including phenoxy) is 1. The van der Waals surface area contributed by atoms with Crippen molar-refractivity contribution in [3.8, 4) is 5.75 Å². The first-order chi connectivity index (χ1) is 14.4. The molecule has 0 saturated carbocycles. The normalized spacial score (nSPS) is 11.0. The molecule has 0 radical (unpaired) electrons. The van der Waals surface area contributed by atoms with Gasteiger partial charge in [-0.2, -0.15) is 0 Å². The smallest absolute Gasteiger partial charge is 0.251 e. The summed E-state index contributed by atoms with van der Waals surface area (Å²) in [5.74, 6) is 2.12. The fourth-order valence-electron chi connectivity index (χ4n) is 2.90. The largest absolute Gasteiger partial charge is 0.493 e. The van der Waals surface area contributed by atoms with E-state index < -0.39 is 0 Å². The molecular weight excluding hydrogens is 503 g/mol. The van der Waals surface area contributed by atoms with Crippen LogP contribution in [-0.4, -0.2) is 32.6 Å². The summed E-state index contributed by atoms with van der Waals surface area (Å²) in [5, 5.41) is 9.28. The van der Waals surface area contributed by atoms with Gasteiger partial charge >= 0.3 is 0 Å². The van der Waals surface area contributed by atoms with Crippen molar-refractivity contribution in [1.29, 1.82) is 0 Å². The second-order valence-electron chi connectivity index (χ2n) is 7.70. The number of hydrogen-bond acceptors (Lipinski definition) is 3. The molecule has 0 spiro atoms. The van der Waals surface area contributed by atoms with Gasteiger partial charge in [-0.25, -0.2) is 0 Å². The van der Waals surface area contributed by atoms with Crippen molar-refractivity contribution in [2.75, 3.05) is 20.7 Å². The number of amides is 1. The van der Waals surface area contributed by atoms with Crippen molar-refractivity contribution in [1.82, 2.24) is 16.0 Å². The maximum absolute atomic E-state index is 11.8. The highest BCUT2D eigenvalue weighted by Crippen LogP contribution is 2.21. The molecular formula is C24H35IN4O2. The van der Waals surface area contributed by atoms with Gasteiger partial charge in [0, 0.05) is 38.3 Å². The molecule has 6 nitrogen and oxygen atoms in total. The first kappa shape index (κ1) is 26.7. The minimum Gasteiger partial charge on any atom is -0.493 e. The Bertz CT molecular complexity index is 868. The van der Waals surface area contributed by atoms with Crippen LogP contribution in [0.15, 0.2) is 47.5 Å².